The van der Waals surface area contributed by atoms with Crippen molar-refractivity contribution in [2.75, 3.05) is 46.8 Å². The monoisotopic (exact) mass is 437 g/mol. The second-order valence-electron chi connectivity index (χ2n) is 6.14. The summed E-state index contributed by atoms with van der Waals surface area (Å²) in [5, 5.41) is 6.65. The average Bonchev–Trinajstić information content (AvgIpc) is 2.46. The largest absolute Gasteiger partial charge is 0.357 e. The molecule has 0 atom stereocenters. The predicted octanol–water partition coefficient (Wildman–Crippen LogP) is 1.29. The van der Waals surface area contributed by atoms with Gasteiger partial charge in [-0.15, -0.1) is 24.0 Å². The SMILES string of the molecule is C=C(C)CN1CCC(NC(=NCC(=O)N(C)C)NCC)CC1.I. The van der Waals surface area contributed by atoms with Crippen LogP contribution >= 0.6 is 24.0 Å². The van der Waals surface area contributed by atoms with E-state index in [0.29, 0.717) is 6.04 Å². The van der Waals surface area contributed by atoms with Crippen molar-refractivity contribution in [3.05, 3.63) is 12.2 Å². The number of likely N-dealkylation sites (tertiary alicyclic amines) is 1. The Labute approximate surface area is 157 Å². The van der Waals surface area contributed by atoms with Crippen LogP contribution in [0.3, 0.4) is 0 Å². The zero-order valence-corrected chi connectivity index (χ0v) is 17.2. The molecule has 23 heavy (non-hydrogen) atoms. The summed E-state index contributed by atoms with van der Waals surface area (Å²) in [6, 6.07) is 0.411. The molecule has 0 saturated carbocycles. The molecule has 0 bridgehead atoms. The molecule has 1 fully saturated rings. The van der Waals surface area contributed by atoms with E-state index in [1.807, 2.05) is 6.92 Å². The average molecular weight is 437 g/mol. The van der Waals surface area contributed by atoms with Crippen molar-refractivity contribution in [2.24, 2.45) is 4.99 Å². The van der Waals surface area contributed by atoms with Gasteiger partial charge in [0.05, 0.1) is 0 Å². The fraction of sp³-hybridized carbons (Fsp3) is 0.750. The summed E-state index contributed by atoms with van der Waals surface area (Å²) in [5.74, 6) is 0.740. The van der Waals surface area contributed by atoms with Gasteiger partial charge in [0.1, 0.15) is 6.54 Å². The molecule has 6 nitrogen and oxygen atoms in total. The quantitative estimate of drug-likeness (QED) is 0.285. The van der Waals surface area contributed by atoms with Gasteiger partial charge in [-0.25, -0.2) is 4.99 Å². The van der Waals surface area contributed by atoms with Crippen LogP contribution in [0.25, 0.3) is 0 Å². The molecule has 0 aliphatic carbocycles. The predicted molar refractivity (Wildman–Crippen MR) is 107 cm³/mol. The minimum atomic E-state index is 0. The van der Waals surface area contributed by atoms with Crippen molar-refractivity contribution in [3.63, 3.8) is 0 Å². The summed E-state index contributed by atoms with van der Waals surface area (Å²) >= 11 is 0. The normalized spacial score (nSPS) is 16.4. The Balaban J connectivity index is 0.00000484. The molecule has 0 aromatic rings. The lowest BCUT2D eigenvalue weighted by molar-refractivity contribution is -0.127. The van der Waals surface area contributed by atoms with Crippen molar-refractivity contribution in [2.45, 2.75) is 32.7 Å². The number of piperidine rings is 1. The molecular weight excluding hydrogens is 405 g/mol. The summed E-state index contributed by atoms with van der Waals surface area (Å²) < 4.78 is 0. The van der Waals surface area contributed by atoms with Gasteiger partial charge in [-0.3, -0.25) is 9.69 Å². The van der Waals surface area contributed by atoms with Crippen molar-refractivity contribution in [1.29, 1.82) is 0 Å². The molecule has 134 valence electrons. The second-order valence-corrected chi connectivity index (χ2v) is 6.14. The first-order valence-corrected chi connectivity index (χ1v) is 8.04. The van der Waals surface area contributed by atoms with Gasteiger partial charge in [0.25, 0.3) is 0 Å². The Morgan fingerprint density at radius 1 is 1.35 bits per heavy atom. The number of nitrogens with zero attached hydrogens (tertiary/aromatic N) is 3. The first-order valence-electron chi connectivity index (χ1n) is 8.04. The number of likely N-dealkylation sites (N-methyl/N-ethyl adjacent to an activating group) is 1. The highest BCUT2D eigenvalue weighted by Crippen LogP contribution is 2.11. The maximum Gasteiger partial charge on any atom is 0.243 e. The van der Waals surface area contributed by atoms with Gasteiger partial charge in [0, 0.05) is 46.3 Å². The molecule has 0 aromatic carbocycles. The summed E-state index contributed by atoms with van der Waals surface area (Å²) in [4.78, 5) is 20.0. The van der Waals surface area contributed by atoms with Crippen LogP contribution in [0.4, 0.5) is 0 Å². The van der Waals surface area contributed by atoms with Crippen LogP contribution in [0.2, 0.25) is 0 Å². The van der Waals surface area contributed by atoms with Crippen LogP contribution < -0.4 is 10.6 Å². The molecule has 0 aromatic heterocycles. The maximum atomic E-state index is 11.6. The minimum Gasteiger partial charge on any atom is -0.357 e. The fourth-order valence-electron chi connectivity index (χ4n) is 2.42. The van der Waals surface area contributed by atoms with E-state index in [1.54, 1.807) is 19.0 Å². The number of hydrogen-bond donors (Lipinski definition) is 2. The molecule has 7 heteroatoms. The Morgan fingerprint density at radius 3 is 2.43 bits per heavy atom. The van der Waals surface area contributed by atoms with Gasteiger partial charge in [-0.1, -0.05) is 12.2 Å². The molecule has 1 amide bonds. The molecule has 1 saturated heterocycles. The smallest absolute Gasteiger partial charge is 0.243 e. The number of rotatable bonds is 6. The van der Waals surface area contributed by atoms with Gasteiger partial charge in [0.15, 0.2) is 5.96 Å². The van der Waals surface area contributed by atoms with E-state index in [-0.39, 0.29) is 36.4 Å². The van der Waals surface area contributed by atoms with Crippen molar-refractivity contribution in [3.8, 4) is 0 Å². The molecule has 1 rings (SSSR count). The van der Waals surface area contributed by atoms with E-state index in [0.717, 1.165) is 45.0 Å². The Bertz CT molecular complexity index is 403. The number of amides is 1. The number of hydrogen-bond acceptors (Lipinski definition) is 3. The number of guanidine groups is 1. The van der Waals surface area contributed by atoms with Crippen LogP contribution in [0.15, 0.2) is 17.1 Å². The second kappa shape index (κ2) is 11.7. The lowest BCUT2D eigenvalue weighted by atomic mass is 10.0. The van der Waals surface area contributed by atoms with Crippen LogP contribution in [0.5, 0.6) is 0 Å². The van der Waals surface area contributed by atoms with Crippen LogP contribution in [0.1, 0.15) is 26.7 Å². The van der Waals surface area contributed by atoms with Crippen molar-refractivity contribution in [1.82, 2.24) is 20.4 Å². The zero-order valence-electron chi connectivity index (χ0n) is 14.9. The van der Waals surface area contributed by atoms with E-state index < -0.39 is 0 Å². The molecule has 1 aliphatic rings. The van der Waals surface area contributed by atoms with Gasteiger partial charge in [-0.2, -0.15) is 0 Å². The standard InChI is InChI=1S/C16H31N5O.HI/c1-6-17-16(18-11-15(22)20(4)5)19-14-7-9-21(10-8-14)12-13(2)3;/h14H,2,6-12H2,1,3-5H3,(H2,17,18,19);1H. The molecule has 2 N–H and O–H groups in total. The van der Waals surface area contributed by atoms with Gasteiger partial charge < -0.3 is 15.5 Å². The van der Waals surface area contributed by atoms with Gasteiger partial charge >= 0.3 is 0 Å². The number of carbonyl (C=O) groups excluding carboxylic acids is 1. The zero-order chi connectivity index (χ0) is 16.5. The summed E-state index contributed by atoms with van der Waals surface area (Å²) in [5.41, 5.74) is 1.21. The summed E-state index contributed by atoms with van der Waals surface area (Å²) in [6.07, 6.45) is 2.17. The van der Waals surface area contributed by atoms with E-state index in [9.17, 15) is 4.79 Å². The number of halogens is 1. The van der Waals surface area contributed by atoms with E-state index in [2.05, 4.69) is 34.0 Å². The third-order valence-corrected chi connectivity index (χ3v) is 3.64. The van der Waals surface area contributed by atoms with Gasteiger partial charge in [-0.05, 0) is 26.7 Å². The molecule has 0 radical (unpaired) electrons. The molecular formula is C16H32IN5O. The Kier molecular flexibility index (Phi) is 11.2. The summed E-state index contributed by atoms with van der Waals surface area (Å²) in [7, 11) is 3.49. The highest BCUT2D eigenvalue weighted by atomic mass is 127. The Hall–Kier alpha value is -0.830. The fourth-order valence-corrected chi connectivity index (χ4v) is 2.42. The van der Waals surface area contributed by atoms with Crippen LogP contribution in [0, 0.1) is 0 Å². The van der Waals surface area contributed by atoms with E-state index in [4.69, 9.17) is 0 Å². The molecule has 0 unspecified atom stereocenters. The first kappa shape index (κ1) is 22.2. The maximum absolute atomic E-state index is 11.6. The van der Waals surface area contributed by atoms with E-state index >= 15 is 0 Å². The third-order valence-electron chi connectivity index (χ3n) is 3.64. The lowest BCUT2D eigenvalue weighted by Crippen LogP contribution is -2.49. The molecule has 1 heterocycles. The van der Waals surface area contributed by atoms with Crippen molar-refractivity contribution < 1.29 is 4.79 Å². The first-order chi connectivity index (χ1) is 10.4. The number of aliphatic imine (C=N–C) groups is 1. The van der Waals surface area contributed by atoms with Gasteiger partial charge in [0.2, 0.25) is 5.91 Å². The minimum absolute atomic E-state index is 0. The number of carbonyl (C=O) groups is 1. The van der Waals surface area contributed by atoms with Crippen molar-refractivity contribution >= 4 is 35.8 Å². The lowest BCUT2D eigenvalue weighted by Gasteiger charge is -2.33. The molecule has 0 spiro atoms. The highest BCUT2D eigenvalue weighted by Gasteiger charge is 2.19. The highest BCUT2D eigenvalue weighted by molar-refractivity contribution is 14.0. The molecule has 1 aliphatic heterocycles. The van der Waals surface area contributed by atoms with E-state index in [1.165, 1.54) is 5.57 Å². The Morgan fingerprint density at radius 2 is 1.96 bits per heavy atom. The number of nitrogens with one attached hydrogen (secondary N) is 2. The topological polar surface area (TPSA) is 60.0 Å². The third kappa shape index (κ3) is 9.14. The van der Waals surface area contributed by atoms with Crippen LogP contribution in [-0.4, -0.2) is 74.5 Å². The van der Waals surface area contributed by atoms with Crippen LogP contribution in [-0.2, 0) is 4.79 Å². The summed E-state index contributed by atoms with van der Waals surface area (Å²) in [6.45, 7) is 12.2.